The van der Waals surface area contributed by atoms with Crippen molar-refractivity contribution in [2.24, 2.45) is 5.41 Å². The molecule has 0 bridgehead atoms. The predicted molar refractivity (Wildman–Crippen MR) is 46.7 cm³/mol. The van der Waals surface area contributed by atoms with Crippen molar-refractivity contribution >= 4 is 5.91 Å². The van der Waals surface area contributed by atoms with Crippen LogP contribution in [0.4, 0.5) is 0 Å². The Morgan fingerprint density at radius 3 is 1.92 bits per heavy atom. The minimum absolute atomic E-state index is 0. The third kappa shape index (κ3) is 3.27. The Morgan fingerprint density at radius 1 is 1.08 bits per heavy atom. The summed E-state index contributed by atoms with van der Waals surface area (Å²) >= 11 is 0. The molecule has 0 fully saturated rings. The lowest BCUT2D eigenvalue weighted by molar-refractivity contribution is -0.579. The number of pyridine rings is 1. The van der Waals surface area contributed by atoms with Crippen molar-refractivity contribution in [3.63, 3.8) is 0 Å². The molecule has 1 aromatic rings. The molecule has 0 amide bonds. The molecule has 13 heavy (non-hydrogen) atoms. The van der Waals surface area contributed by atoms with Crippen molar-refractivity contribution in [3.05, 3.63) is 30.6 Å². The molecule has 0 atom stereocenters. The number of rotatable bonds is 0. The summed E-state index contributed by atoms with van der Waals surface area (Å²) in [7, 11) is 0. The Kier molecular flexibility index (Phi) is 4.27. The topological polar surface area (TPSA) is 20.9 Å². The van der Waals surface area contributed by atoms with Gasteiger partial charge in [0.2, 0.25) is 0 Å². The molecular formula is C10H14BrNO. The van der Waals surface area contributed by atoms with E-state index in [0.717, 1.165) is 0 Å². The predicted octanol–water partition coefficient (Wildman–Crippen LogP) is -1.34. The number of hydrogen-bond donors (Lipinski definition) is 0. The van der Waals surface area contributed by atoms with Gasteiger partial charge in [0.15, 0.2) is 12.4 Å². The maximum absolute atomic E-state index is 11.6. The van der Waals surface area contributed by atoms with Gasteiger partial charge in [-0.15, -0.1) is 4.57 Å². The molecule has 0 saturated heterocycles. The van der Waals surface area contributed by atoms with Gasteiger partial charge in [0.1, 0.15) is 0 Å². The van der Waals surface area contributed by atoms with Crippen molar-refractivity contribution in [2.75, 3.05) is 0 Å². The highest BCUT2D eigenvalue weighted by Gasteiger charge is 2.30. The van der Waals surface area contributed by atoms with Crippen molar-refractivity contribution in [1.82, 2.24) is 0 Å². The molecule has 1 aromatic heterocycles. The largest absolute Gasteiger partial charge is 1.00 e. The van der Waals surface area contributed by atoms with Crippen molar-refractivity contribution in [3.8, 4) is 0 Å². The van der Waals surface area contributed by atoms with E-state index in [-0.39, 0.29) is 28.3 Å². The molecular weight excluding hydrogens is 230 g/mol. The standard InChI is InChI=1S/C10H14NO.BrH/c1-10(2,3)9(12)11-7-5-4-6-8-11;/h4-8H,1-3H3;1H/q+1;/p-1. The highest BCUT2D eigenvalue weighted by Crippen LogP contribution is 2.12. The van der Waals surface area contributed by atoms with Gasteiger partial charge < -0.3 is 17.0 Å². The van der Waals surface area contributed by atoms with E-state index >= 15 is 0 Å². The fourth-order valence-corrected chi connectivity index (χ4v) is 0.921. The van der Waals surface area contributed by atoms with Crippen LogP contribution in [0, 0.1) is 5.41 Å². The molecule has 0 aliphatic carbocycles. The van der Waals surface area contributed by atoms with E-state index in [1.807, 2.05) is 39.0 Å². The lowest BCUT2D eigenvalue weighted by Crippen LogP contribution is -3.00. The van der Waals surface area contributed by atoms with Gasteiger partial charge in [-0.2, -0.15) is 0 Å². The molecule has 0 N–H and O–H groups in total. The second-order valence-corrected chi connectivity index (χ2v) is 3.84. The number of aromatic nitrogens is 1. The Hall–Kier alpha value is -0.700. The van der Waals surface area contributed by atoms with Crippen LogP contribution in [-0.4, -0.2) is 5.91 Å². The van der Waals surface area contributed by atoms with E-state index in [2.05, 4.69) is 0 Å². The molecule has 0 aromatic carbocycles. The van der Waals surface area contributed by atoms with E-state index in [1.54, 1.807) is 17.0 Å². The van der Waals surface area contributed by atoms with Gasteiger partial charge in [-0.25, -0.2) is 4.79 Å². The Morgan fingerprint density at radius 2 is 1.54 bits per heavy atom. The first-order valence-corrected chi connectivity index (χ1v) is 4.03. The maximum atomic E-state index is 11.6. The zero-order chi connectivity index (χ0) is 9.19. The monoisotopic (exact) mass is 243 g/mol. The van der Waals surface area contributed by atoms with Crippen molar-refractivity contribution in [2.45, 2.75) is 20.8 Å². The fourth-order valence-electron chi connectivity index (χ4n) is 0.921. The smallest absolute Gasteiger partial charge is 0.397 e. The van der Waals surface area contributed by atoms with Gasteiger partial charge in [-0.05, 0) is 20.8 Å². The van der Waals surface area contributed by atoms with Crippen LogP contribution in [0.25, 0.3) is 0 Å². The van der Waals surface area contributed by atoms with E-state index in [1.165, 1.54) is 0 Å². The van der Waals surface area contributed by atoms with Gasteiger partial charge >= 0.3 is 5.91 Å². The van der Waals surface area contributed by atoms with Crippen LogP contribution in [0.5, 0.6) is 0 Å². The third-order valence-corrected chi connectivity index (χ3v) is 1.59. The summed E-state index contributed by atoms with van der Waals surface area (Å²) in [4.78, 5) is 11.6. The SMILES string of the molecule is CC(C)(C)C(=O)[n+]1ccccc1.[Br-]. The summed E-state index contributed by atoms with van der Waals surface area (Å²) in [5.74, 6) is 0.114. The van der Waals surface area contributed by atoms with Crippen LogP contribution < -0.4 is 21.5 Å². The first kappa shape index (κ1) is 12.3. The number of hydrogen-bond acceptors (Lipinski definition) is 1. The quantitative estimate of drug-likeness (QED) is 0.518. The zero-order valence-electron chi connectivity index (χ0n) is 8.12. The molecule has 0 aliphatic heterocycles. The van der Waals surface area contributed by atoms with E-state index < -0.39 is 0 Å². The van der Waals surface area contributed by atoms with Crippen LogP contribution in [-0.2, 0) is 0 Å². The molecule has 0 unspecified atom stereocenters. The summed E-state index contributed by atoms with van der Waals surface area (Å²) in [6.45, 7) is 5.74. The Labute approximate surface area is 89.4 Å². The average molecular weight is 244 g/mol. The van der Waals surface area contributed by atoms with Gasteiger partial charge in [0.05, 0.1) is 5.41 Å². The number of carbonyl (C=O) groups excluding carboxylic acids is 1. The Balaban J connectivity index is 0.00000144. The molecule has 2 nitrogen and oxygen atoms in total. The van der Waals surface area contributed by atoms with Crippen LogP contribution in [0.3, 0.4) is 0 Å². The summed E-state index contributed by atoms with van der Waals surface area (Å²) < 4.78 is 1.61. The second kappa shape index (κ2) is 4.51. The number of halogens is 1. The number of nitrogens with zero attached hydrogens (tertiary/aromatic N) is 1. The van der Waals surface area contributed by atoms with Crippen LogP contribution in [0.2, 0.25) is 0 Å². The molecule has 0 spiro atoms. The van der Waals surface area contributed by atoms with Crippen LogP contribution in [0.1, 0.15) is 25.6 Å². The zero-order valence-corrected chi connectivity index (χ0v) is 9.71. The molecule has 3 heteroatoms. The minimum atomic E-state index is -0.313. The highest BCUT2D eigenvalue weighted by molar-refractivity contribution is 5.72. The first-order valence-electron chi connectivity index (χ1n) is 4.03. The molecule has 0 saturated carbocycles. The van der Waals surface area contributed by atoms with Gasteiger partial charge in [-0.3, -0.25) is 0 Å². The van der Waals surface area contributed by atoms with Gasteiger partial charge in [-0.1, -0.05) is 6.07 Å². The molecule has 1 rings (SSSR count). The summed E-state index contributed by atoms with van der Waals surface area (Å²) in [6.07, 6.45) is 3.54. The third-order valence-electron chi connectivity index (χ3n) is 1.59. The average Bonchev–Trinajstić information content (AvgIpc) is 2.03. The van der Waals surface area contributed by atoms with E-state index in [4.69, 9.17) is 0 Å². The van der Waals surface area contributed by atoms with Crippen molar-refractivity contribution < 1.29 is 26.3 Å². The molecule has 72 valence electrons. The highest BCUT2D eigenvalue weighted by atomic mass is 79.9. The van der Waals surface area contributed by atoms with Crippen LogP contribution in [0.15, 0.2) is 30.6 Å². The van der Waals surface area contributed by atoms with E-state index in [0.29, 0.717) is 0 Å². The fraction of sp³-hybridized carbons (Fsp3) is 0.400. The molecule has 1 heterocycles. The minimum Gasteiger partial charge on any atom is -1.00 e. The lowest BCUT2D eigenvalue weighted by Gasteiger charge is -2.09. The first-order chi connectivity index (χ1) is 5.52. The lowest BCUT2D eigenvalue weighted by atomic mass is 9.95. The Bertz CT molecular complexity index is 277. The normalized spacial score (nSPS) is 10.4. The maximum Gasteiger partial charge on any atom is 0.397 e. The number of carbonyl (C=O) groups is 1. The van der Waals surface area contributed by atoms with Crippen LogP contribution >= 0.6 is 0 Å². The summed E-state index contributed by atoms with van der Waals surface area (Å²) in [5, 5.41) is 0. The van der Waals surface area contributed by atoms with Gasteiger partial charge in [0.25, 0.3) is 0 Å². The molecule has 0 radical (unpaired) electrons. The second-order valence-electron chi connectivity index (χ2n) is 3.84. The van der Waals surface area contributed by atoms with Gasteiger partial charge in [0, 0.05) is 12.1 Å². The van der Waals surface area contributed by atoms with E-state index in [9.17, 15) is 4.79 Å². The summed E-state index contributed by atoms with van der Waals surface area (Å²) in [5.41, 5.74) is -0.313. The summed E-state index contributed by atoms with van der Waals surface area (Å²) in [6, 6.07) is 5.60. The molecule has 0 aliphatic rings. The van der Waals surface area contributed by atoms with Crippen molar-refractivity contribution in [1.29, 1.82) is 0 Å².